The molecule has 6 aromatic heterocycles. The number of nitrogens with zero attached hydrogens (tertiary/aromatic N) is 9. The second kappa shape index (κ2) is 30.2. The summed E-state index contributed by atoms with van der Waals surface area (Å²) in [5.74, 6) is -0.432. The molecule has 0 aliphatic rings. The second-order valence-corrected chi connectivity index (χ2v) is 11.3. The van der Waals surface area contributed by atoms with Gasteiger partial charge in [0, 0.05) is 61.3 Å². The van der Waals surface area contributed by atoms with E-state index in [1.807, 2.05) is 19.1 Å². The Morgan fingerprint density at radius 3 is 1.47 bits per heavy atom. The number of alkyl halides is 9. The van der Waals surface area contributed by atoms with Crippen molar-refractivity contribution in [1.82, 2.24) is 44.3 Å². The zero-order chi connectivity index (χ0) is 45.4. The molecule has 0 saturated carbocycles. The number of aryl methyl sites for hydroxylation is 1. The van der Waals surface area contributed by atoms with Gasteiger partial charge in [0.2, 0.25) is 5.78 Å². The van der Waals surface area contributed by atoms with Crippen molar-refractivity contribution in [2.45, 2.75) is 58.1 Å². The van der Waals surface area contributed by atoms with Crippen LogP contribution in [-0.2, 0) is 42.1 Å². The van der Waals surface area contributed by atoms with Crippen LogP contribution in [0.4, 0.5) is 39.5 Å². The van der Waals surface area contributed by atoms with E-state index in [0.717, 1.165) is 17.1 Å². The van der Waals surface area contributed by atoms with Gasteiger partial charge in [0.1, 0.15) is 37.1 Å². The van der Waals surface area contributed by atoms with Gasteiger partial charge in [0.05, 0.1) is 5.69 Å². The summed E-state index contributed by atoms with van der Waals surface area (Å²) in [5.41, 5.74) is 2.27. The molecule has 0 spiro atoms. The van der Waals surface area contributed by atoms with E-state index in [-0.39, 0.29) is 57.1 Å². The fourth-order valence-corrected chi connectivity index (χ4v) is 4.06. The Morgan fingerprint density at radius 2 is 1.06 bits per heavy atom. The Bertz CT molecular complexity index is 2160. The molecular weight excluding hydrogens is 969 g/mol. The van der Waals surface area contributed by atoms with Crippen molar-refractivity contribution in [2.75, 3.05) is 0 Å². The van der Waals surface area contributed by atoms with Crippen LogP contribution in [0.5, 0.6) is 0 Å². The van der Waals surface area contributed by atoms with E-state index in [0.29, 0.717) is 26.8 Å². The van der Waals surface area contributed by atoms with Crippen molar-refractivity contribution in [3.63, 3.8) is 0 Å². The number of pyridine rings is 3. The van der Waals surface area contributed by atoms with Gasteiger partial charge in [-0.2, -0.15) is 61.7 Å². The van der Waals surface area contributed by atoms with E-state index in [4.69, 9.17) is 7.67 Å². The van der Waals surface area contributed by atoms with Gasteiger partial charge in [-0.15, -0.1) is 0 Å². The van der Waals surface area contributed by atoms with Crippen molar-refractivity contribution < 1.29 is 93.7 Å². The van der Waals surface area contributed by atoms with E-state index in [1.54, 1.807) is 31.5 Å². The van der Waals surface area contributed by atoms with Gasteiger partial charge in [0.15, 0.2) is 6.29 Å². The number of rotatable bonds is 8. The zero-order valence-corrected chi connectivity index (χ0v) is 36.5. The summed E-state index contributed by atoms with van der Waals surface area (Å²) >= 11 is -1.44. The van der Waals surface area contributed by atoms with Crippen molar-refractivity contribution in [2.24, 2.45) is 0 Å². The normalized spacial score (nSPS) is 10.8. The summed E-state index contributed by atoms with van der Waals surface area (Å²) in [6.45, 7) is 3.50. The average molecular weight is 1000 g/mol. The summed E-state index contributed by atoms with van der Waals surface area (Å²) in [5, 5.41) is 20.6. The molecule has 14 nitrogen and oxygen atoms in total. The van der Waals surface area contributed by atoms with Crippen molar-refractivity contribution in [3.05, 3.63) is 151 Å². The van der Waals surface area contributed by atoms with Crippen LogP contribution in [-0.4, -0.2) is 103 Å². The minimum atomic E-state index is -4.36. The predicted octanol–water partition coefficient (Wildman–Crippen LogP) is 3.86. The number of hydrogen-bond donors (Lipinski definition) is 1. The standard InChI is InChI=1S/C11H10F3N3O.C11H8F3N3O.C6H5F3N2O.C6H7N.C2H5.BrH.Mg.Mn.2O/c2*12-11(13,14)7-17-6-3-9(16-17)10(18)8-1-4-15-5-2-8;7-6(8,9)4-11-2-1-5(3-12)10-11;1-6-2-4-7-5-3-6;1-2;;;;;/h1-6,10,18H,7H2;1-6H,7H2;1-3H,4H2;2-5H,1H3;1H2,2H3;1H;;;;/q;;;;-1;;+2;;;/p-1. The molecular formula is C36H35BrF9MgMnN9O5. The maximum atomic E-state index is 12.1. The van der Waals surface area contributed by atoms with Crippen LogP contribution in [0.1, 0.15) is 56.4 Å². The molecule has 0 radical (unpaired) electrons. The van der Waals surface area contributed by atoms with Crippen molar-refractivity contribution in [3.8, 4) is 0 Å². The molecule has 26 heteroatoms. The number of aldehydes is 1. The van der Waals surface area contributed by atoms with E-state index < -0.39 is 64.9 Å². The summed E-state index contributed by atoms with van der Waals surface area (Å²) in [7, 11) is 0. The number of carbonyl (C=O) groups excluding carboxylic acids is 2. The number of hydrogen-bond acceptors (Lipinski definition) is 11. The maximum absolute atomic E-state index is 12.1. The number of ketones is 1. The third-order valence-electron chi connectivity index (χ3n) is 6.43. The van der Waals surface area contributed by atoms with E-state index in [9.17, 15) is 54.2 Å². The molecule has 0 aliphatic heterocycles. The Hall–Kier alpha value is -4.88. The first-order valence-corrected chi connectivity index (χ1v) is 17.4. The van der Waals surface area contributed by atoms with Crippen LogP contribution in [0.15, 0.2) is 110 Å². The summed E-state index contributed by atoms with van der Waals surface area (Å²) in [6.07, 6.45) is -0.803. The van der Waals surface area contributed by atoms with Crippen LogP contribution in [0.25, 0.3) is 0 Å². The monoisotopic (exact) mass is 1000 g/mol. The number of aliphatic hydroxyl groups excluding tert-OH is 1. The quantitative estimate of drug-likeness (QED) is 0.0770. The molecule has 0 amide bonds. The molecule has 1 N–H and O–H groups in total. The molecule has 1 unspecified atom stereocenters. The van der Waals surface area contributed by atoms with E-state index in [1.165, 1.54) is 66.9 Å². The molecule has 0 aromatic carbocycles. The van der Waals surface area contributed by atoms with Gasteiger partial charge >= 0.3 is 64.1 Å². The molecule has 6 aromatic rings. The average Bonchev–Trinajstić information content (AvgIpc) is 3.97. The zero-order valence-electron chi connectivity index (χ0n) is 32.3. The van der Waals surface area contributed by atoms with Gasteiger partial charge in [0.25, 0.3) is 0 Å². The molecule has 0 aliphatic carbocycles. The second-order valence-electron chi connectivity index (χ2n) is 11.1. The number of aliphatic hydroxyl groups is 1. The number of aromatic nitrogens is 9. The van der Waals surface area contributed by atoms with Gasteiger partial charge in [-0.25, -0.2) is 0 Å². The Morgan fingerprint density at radius 1 is 0.677 bits per heavy atom. The topological polar surface area (TPSA) is 181 Å². The first-order chi connectivity index (χ1) is 28.2. The van der Waals surface area contributed by atoms with Gasteiger partial charge in [-0.1, -0.05) is 0 Å². The Balaban J connectivity index is 0. The molecule has 0 bridgehead atoms. The molecule has 333 valence electrons. The molecule has 6 rings (SSSR count). The fraction of sp³-hybridized carbons (Fsp3) is 0.250. The van der Waals surface area contributed by atoms with Crippen molar-refractivity contribution in [1.29, 1.82) is 0 Å². The molecule has 1 atom stereocenters. The first-order valence-electron chi connectivity index (χ1n) is 16.5. The molecule has 62 heavy (non-hydrogen) atoms. The minimum absolute atomic E-state index is 0. The summed E-state index contributed by atoms with van der Waals surface area (Å²) in [6, 6.07) is 13.9. The molecule has 6 heterocycles. The fourth-order valence-electron chi connectivity index (χ4n) is 4.06. The van der Waals surface area contributed by atoms with Crippen LogP contribution in [0.2, 0.25) is 0 Å². The SMILES string of the molecule is Cc1ccncc1.O=C(c1ccncc1)c1ccn(CC(F)(F)F)n1.O=Cc1ccn(CC(F)(F)F)n1.OC(c1ccncc1)c1ccn(CC(F)(F)F)n1.[Br-].[CH2-]C.[Mg+2].[O]=[Mn]=[O]. The third kappa shape index (κ3) is 25.8. The van der Waals surface area contributed by atoms with Crippen LogP contribution >= 0.6 is 0 Å². The van der Waals surface area contributed by atoms with Crippen LogP contribution in [0.3, 0.4) is 0 Å². The summed E-state index contributed by atoms with van der Waals surface area (Å²) < 4.78 is 127. The number of carbonyl (C=O) groups is 2. The van der Waals surface area contributed by atoms with Gasteiger partial charge < -0.3 is 29.0 Å². The first kappa shape index (κ1) is 59.2. The number of halogens is 10. The van der Waals surface area contributed by atoms with Crippen LogP contribution in [0, 0.1) is 13.8 Å². The Labute approximate surface area is 380 Å². The van der Waals surface area contributed by atoms with Gasteiger partial charge in [-0.05, 0) is 72.6 Å². The van der Waals surface area contributed by atoms with Crippen molar-refractivity contribution >= 4 is 35.1 Å². The molecule has 0 saturated heterocycles. The van der Waals surface area contributed by atoms with E-state index in [2.05, 4.69) is 37.2 Å². The predicted molar refractivity (Wildman–Crippen MR) is 193 cm³/mol. The summed E-state index contributed by atoms with van der Waals surface area (Å²) in [4.78, 5) is 33.3. The Kier molecular flexibility index (Phi) is 28.9. The molecule has 0 fully saturated rings. The third-order valence-corrected chi connectivity index (χ3v) is 6.43. The van der Waals surface area contributed by atoms with Gasteiger partial charge in [-0.3, -0.25) is 38.6 Å². The van der Waals surface area contributed by atoms with E-state index >= 15 is 0 Å². The van der Waals surface area contributed by atoms with Crippen LogP contribution < -0.4 is 17.0 Å².